The van der Waals surface area contributed by atoms with Crippen molar-refractivity contribution in [2.45, 2.75) is 0 Å². The Morgan fingerprint density at radius 2 is 1.89 bits per heavy atom. The third kappa shape index (κ3) is 2.34. The van der Waals surface area contributed by atoms with Gasteiger partial charge < -0.3 is 0 Å². The average Bonchev–Trinajstić information content (AvgIpc) is 2.72. The van der Waals surface area contributed by atoms with Gasteiger partial charge in [-0.1, -0.05) is 34.8 Å². The van der Waals surface area contributed by atoms with Gasteiger partial charge >= 0.3 is 0 Å². The third-order valence-corrected chi connectivity index (χ3v) is 3.97. The largest absolute Gasteiger partial charge is 0.227 e. The van der Waals surface area contributed by atoms with Crippen molar-refractivity contribution in [1.29, 1.82) is 0 Å². The first kappa shape index (κ1) is 13.2. The van der Waals surface area contributed by atoms with Crippen LogP contribution in [0.15, 0.2) is 34.9 Å². The second-order valence-corrected chi connectivity index (χ2v) is 5.90. The molecule has 2 heterocycles. The van der Waals surface area contributed by atoms with Gasteiger partial charge in [0.05, 0.1) is 21.4 Å². The molecular weight excluding hydrogens is 372 g/mol. The quantitative estimate of drug-likeness (QED) is 0.551. The maximum absolute atomic E-state index is 6.18. The lowest BCUT2D eigenvalue weighted by atomic mass is 10.1. The lowest BCUT2D eigenvalue weighted by Crippen LogP contribution is -1.95. The first-order valence-corrected chi connectivity index (χ1v) is 7.14. The van der Waals surface area contributed by atoms with Crippen LogP contribution >= 0.6 is 50.7 Å². The molecule has 0 amide bonds. The number of aromatic nitrogens is 3. The highest BCUT2D eigenvalue weighted by Crippen LogP contribution is 2.31. The van der Waals surface area contributed by atoms with Crippen molar-refractivity contribution in [3.63, 3.8) is 0 Å². The van der Waals surface area contributed by atoms with Gasteiger partial charge in [0.1, 0.15) is 5.15 Å². The van der Waals surface area contributed by atoms with Crippen molar-refractivity contribution in [1.82, 2.24) is 14.6 Å². The normalized spacial score (nSPS) is 11.2. The van der Waals surface area contributed by atoms with E-state index in [1.165, 1.54) is 0 Å². The van der Waals surface area contributed by atoms with Gasteiger partial charge in [-0.05, 0) is 34.1 Å². The zero-order chi connectivity index (χ0) is 13.6. The summed E-state index contributed by atoms with van der Waals surface area (Å²) in [5, 5.41) is 5.67. The third-order valence-electron chi connectivity index (χ3n) is 2.59. The van der Waals surface area contributed by atoms with E-state index in [-0.39, 0.29) is 0 Å². The van der Waals surface area contributed by atoms with E-state index in [4.69, 9.17) is 34.8 Å². The van der Waals surface area contributed by atoms with Gasteiger partial charge in [0, 0.05) is 16.7 Å². The van der Waals surface area contributed by atoms with Crippen LogP contribution in [0.1, 0.15) is 0 Å². The Bertz CT molecular complexity index is 785. The van der Waals surface area contributed by atoms with Gasteiger partial charge in [0.25, 0.3) is 0 Å². The molecule has 0 radical (unpaired) electrons. The standard InChI is InChI=1S/C12H5BrCl3N3/c13-8-5-17-19-11(16)4-10(18-12(8)19)7-2-1-6(14)3-9(7)15/h1-5H. The summed E-state index contributed by atoms with van der Waals surface area (Å²) >= 11 is 21.6. The smallest absolute Gasteiger partial charge is 0.171 e. The molecule has 3 aromatic rings. The van der Waals surface area contributed by atoms with Crippen molar-refractivity contribution in [2.75, 3.05) is 0 Å². The van der Waals surface area contributed by atoms with Crippen LogP contribution in [0.3, 0.4) is 0 Å². The van der Waals surface area contributed by atoms with E-state index in [1.807, 2.05) is 6.07 Å². The van der Waals surface area contributed by atoms with Gasteiger partial charge in [-0.2, -0.15) is 5.10 Å². The van der Waals surface area contributed by atoms with Crippen LogP contribution in [0, 0.1) is 0 Å². The zero-order valence-corrected chi connectivity index (χ0v) is 13.1. The Labute approximate surface area is 132 Å². The second-order valence-electron chi connectivity index (χ2n) is 3.82. The molecule has 0 N–H and O–H groups in total. The number of hydrogen-bond acceptors (Lipinski definition) is 2. The monoisotopic (exact) mass is 375 g/mol. The molecule has 0 aliphatic heterocycles. The van der Waals surface area contributed by atoms with Gasteiger partial charge in [-0.25, -0.2) is 9.50 Å². The molecule has 1 aromatic carbocycles. The minimum Gasteiger partial charge on any atom is -0.227 e. The number of hydrogen-bond donors (Lipinski definition) is 0. The summed E-state index contributed by atoms with van der Waals surface area (Å²) in [4.78, 5) is 4.50. The van der Waals surface area contributed by atoms with E-state index in [0.29, 0.717) is 26.5 Å². The lowest BCUT2D eigenvalue weighted by molar-refractivity contribution is 0.942. The Kier molecular flexibility index (Phi) is 3.43. The summed E-state index contributed by atoms with van der Waals surface area (Å²) in [6, 6.07) is 6.95. The van der Waals surface area contributed by atoms with E-state index in [1.54, 1.807) is 28.9 Å². The van der Waals surface area contributed by atoms with Crippen molar-refractivity contribution in [2.24, 2.45) is 0 Å². The van der Waals surface area contributed by atoms with E-state index in [9.17, 15) is 0 Å². The highest BCUT2D eigenvalue weighted by molar-refractivity contribution is 9.10. The fourth-order valence-electron chi connectivity index (χ4n) is 1.73. The molecule has 0 spiro atoms. The van der Waals surface area contributed by atoms with Crippen molar-refractivity contribution >= 4 is 56.4 Å². The van der Waals surface area contributed by atoms with Crippen LogP contribution in [0.25, 0.3) is 16.9 Å². The Hall–Kier alpha value is -0.810. The minimum atomic E-state index is 0.455. The number of halogens is 4. The van der Waals surface area contributed by atoms with E-state index in [0.717, 1.165) is 10.0 Å². The summed E-state index contributed by atoms with van der Waals surface area (Å²) < 4.78 is 2.31. The molecule has 0 unspecified atom stereocenters. The molecule has 2 aromatic heterocycles. The highest BCUT2D eigenvalue weighted by Gasteiger charge is 2.12. The Balaban J connectivity index is 2.27. The van der Waals surface area contributed by atoms with Gasteiger partial charge in [-0.3, -0.25) is 0 Å². The lowest BCUT2D eigenvalue weighted by Gasteiger charge is -2.06. The van der Waals surface area contributed by atoms with Gasteiger partial charge in [0.15, 0.2) is 5.65 Å². The van der Waals surface area contributed by atoms with Gasteiger partial charge in [-0.15, -0.1) is 0 Å². The molecule has 0 fully saturated rings. The van der Waals surface area contributed by atoms with Crippen molar-refractivity contribution < 1.29 is 0 Å². The zero-order valence-electron chi connectivity index (χ0n) is 9.24. The first-order chi connectivity index (χ1) is 9.06. The summed E-state index contributed by atoms with van der Waals surface area (Å²) in [5.74, 6) is 0. The number of rotatable bonds is 1. The Morgan fingerprint density at radius 3 is 2.63 bits per heavy atom. The molecule has 96 valence electrons. The molecule has 0 aliphatic carbocycles. The van der Waals surface area contributed by atoms with Gasteiger partial charge in [0.2, 0.25) is 0 Å². The average molecular weight is 377 g/mol. The van der Waals surface area contributed by atoms with E-state index < -0.39 is 0 Å². The summed E-state index contributed by atoms with van der Waals surface area (Å²) in [6.45, 7) is 0. The van der Waals surface area contributed by atoms with E-state index >= 15 is 0 Å². The predicted molar refractivity (Wildman–Crippen MR) is 81.2 cm³/mol. The van der Waals surface area contributed by atoms with Crippen LogP contribution in [0.2, 0.25) is 15.2 Å². The predicted octanol–water partition coefficient (Wildman–Crippen LogP) is 5.12. The highest BCUT2D eigenvalue weighted by atomic mass is 79.9. The van der Waals surface area contributed by atoms with Crippen LogP contribution < -0.4 is 0 Å². The molecule has 3 nitrogen and oxygen atoms in total. The molecule has 0 bridgehead atoms. The van der Waals surface area contributed by atoms with Crippen molar-refractivity contribution in [3.8, 4) is 11.3 Å². The molecule has 0 saturated heterocycles. The molecule has 0 saturated carbocycles. The molecule has 7 heteroatoms. The summed E-state index contributed by atoms with van der Waals surface area (Å²) in [6.07, 6.45) is 1.64. The topological polar surface area (TPSA) is 30.2 Å². The number of fused-ring (bicyclic) bond motifs is 1. The maximum Gasteiger partial charge on any atom is 0.171 e. The summed E-state index contributed by atoms with van der Waals surface area (Å²) in [5.41, 5.74) is 2.07. The Morgan fingerprint density at radius 1 is 1.11 bits per heavy atom. The van der Waals surface area contributed by atoms with Crippen molar-refractivity contribution in [3.05, 3.63) is 50.1 Å². The SMILES string of the molecule is Clc1ccc(-c2cc(Cl)n3ncc(Br)c3n2)c(Cl)c1. The number of nitrogens with zero attached hydrogens (tertiary/aromatic N) is 3. The van der Waals surface area contributed by atoms with E-state index in [2.05, 4.69) is 26.0 Å². The number of benzene rings is 1. The molecule has 0 atom stereocenters. The van der Waals surface area contributed by atoms with Crippen LogP contribution in [-0.2, 0) is 0 Å². The maximum atomic E-state index is 6.18. The fraction of sp³-hybridized carbons (Fsp3) is 0. The van der Waals surface area contributed by atoms with Crippen LogP contribution in [-0.4, -0.2) is 14.6 Å². The molecule has 0 aliphatic rings. The first-order valence-electron chi connectivity index (χ1n) is 5.21. The molecule has 3 rings (SSSR count). The minimum absolute atomic E-state index is 0.455. The van der Waals surface area contributed by atoms with Crippen LogP contribution in [0.4, 0.5) is 0 Å². The fourth-order valence-corrected chi connectivity index (χ4v) is 2.82. The second kappa shape index (κ2) is 4.94. The summed E-state index contributed by atoms with van der Waals surface area (Å²) in [7, 11) is 0. The molecule has 19 heavy (non-hydrogen) atoms. The van der Waals surface area contributed by atoms with Crippen LogP contribution in [0.5, 0.6) is 0 Å². The molecular formula is C12H5BrCl3N3.